The minimum absolute atomic E-state index is 0.309. The summed E-state index contributed by atoms with van der Waals surface area (Å²) in [6.45, 7) is 2.71. The molecule has 5 aromatic rings. The molecule has 3 aromatic heterocycles. The number of ether oxygens (including phenoxy) is 1. The second kappa shape index (κ2) is 13.2. The molecule has 4 heterocycles. The van der Waals surface area contributed by atoms with Crippen LogP contribution in [0.5, 0.6) is 0 Å². The number of pyridine rings is 1. The summed E-state index contributed by atoms with van der Waals surface area (Å²) in [5, 5.41) is 23.0. The van der Waals surface area contributed by atoms with Gasteiger partial charge in [-0.15, -0.1) is 15.0 Å². The second-order valence-corrected chi connectivity index (χ2v) is 9.18. The van der Waals surface area contributed by atoms with Crippen LogP contribution in [-0.2, 0) is 9.53 Å². The summed E-state index contributed by atoms with van der Waals surface area (Å²) >= 11 is 0. The van der Waals surface area contributed by atoms with E-state index in [2.05, 4.69) is 40.6 Å². The average molecular weight is 610 g/mol. The Kier molecular flexibility index (Phi) is 8.99. The SMILES string of the molecule is Fc1cc(-c2ccnc(Nc3ccc(-c4nnn(-c5cccnc5)n4)cc3)n2)cc(N2CCOCC2)c1.O=C(O)C(F)(F)F. The predicted octanol–water partition coefficient (Wildman–Crippen LogP) is 4.53. The largest absolute Gasteiger partial charge is 0.490 e. The van der Waals surface area contributed by atoms with E-state index in [4.69, 9.17) is 14.6 Å². The van der Waals surface area contributed by atoms with E-state index in [0.717, 1.165) is 35.7 Å². The fraction of sp³-hybridized carbons (Fsp3) is 0.179. The van der Waals surface area contributed by atoms with Crippen LogP contribution in [0.15, 0.2) is 79.3 Å². The zero-order valence-corrected chi connectivity index (χ0v) is 22.7. The number of carboxylic acid groups (broad SMARTS) is 1. The van der Waals surface area contributed by atoms with E-state index < -0.39 is 12.1 Å². The monoisotopic (exact) mass is 609 g/mol. The maximum Gasteiger partial charge on any atom is 0.490 e. The molecule has 0 aliphatic carbocycles. The molecule has 6 rings (SSSR count). The van der Waals surface area contributed by atoms with Gasteiger partial charge in [-0.3, -0.25) is 4.98 Å². The molecule has 12 nitrogen and oxygen atoms in total. The normalized spacial score (nSPS) is 13.1. The van der Waals surface area contributed by atoms with E-state index in [0.29, 0.717) is 36.2 Å². The van der Waals surface area contributed by atoms with Gasteiger partial charge in [-0.25, -0.2) is 19.2 Å². The van der Waals surface area contributed by atoms with Crippen molar-refractivity contribution >= 4 is 23.3 Å². The maximum atomic E-state index is 14.5. The van der Waals surface area contributed by atoms with Crippen LogP contribution in [0.3, 0.4) is 0 Å². The Morgan fingerprint density at radius 2 is 1.70 bits per heavy atom. The molecule has 1 aliphatic rings. The van der Waals surface area contributed by atoms with Crippen LogP contribution in [0.1, 0.15) is 0 Å². The Balaban J connectivity index is 0.000000493. The van der Waals surface area contributed by atoms with E-state index in [1.807, 2.05) is 42.5 Å². The van der Waals surface area contributed by atoms with Gasteiger partial charge in [0.25, 0.3) is 0 Å². The van der Waals surface area contributed by atoms with Gasteiger partial charge in [0.05, 0.1) is 25.1 Å². The Hall–Kier alpha value is -5.51. The highest BCUT2D eigenvalue weighted by molar-refractivity contribution is 5.73. The van der Waals surface area contributed by atoms with Crippen molar-refractivity contribution < 1.29 is 32.2 Å². The van der Waals surface area contributed by atoms with E-state index in [-0.39, 0.29) is 5.82 Å². The maximum absolute atomic E-state index is 14.5. The van der Waals surface area contributed by atoms with Crippen LogP contribution in [0.4, 0.5) is 34.9 Å². The molecule has 44 heavy (non-hydrogen) atoms. The van der Waals surface area contributed by atoms with Crippen molar-refractivity contribution in [1.82, 2.24) is 35.2 Å². The first-order chi connectivity index (χ1) is 21.2. The first-order valence-electron chi connectivity index (χ1n) is 13.0. The third-order valence-electron chi connectivity index (χ3n) is 6.14. The number of carboxylic acids is 1. The van der Waals surface area contributed by atoms with Crippen molar-refractivity contribution in [3.8, 4) is 28.3 Å². The number of anilines is 3. The van der Waals surface area contributed by atoms with Gasteiger partial charge in [0.1, 0.15) is 11.5 Å². The lowest BCUT2D eigenvalue weighted by atomic mass is 10.1. The molecule has 16 heteroatoms. The van der Waals surface area contributed by atoms with Crippen molar-refractivity contribution in [3.05, 3.63) is 85.1 Å². The molecule has 0 bridgehead atoms. The number of tetrazole rings is 1. The number of alkyl halides is 3. The van der Waals surface area contributed by atoms with Crippen LogP contribution < -0.4 is 10.2 Å². The Labute approximate surface area is 247 Å². The zero-order valence-electron chi connectivity index (χ0n) is 22.7. The molecule has 226 valence electrons. The van der Waals surface area contributed by atoms with Gasteiger partial charge in [-0.1, -0.05) is 0 Å². The minimum Gasteiger partial charge on any atom is -0.475 e. The van der Waals surface area contributed by atoms with Crippen LogP contribution in [0, 0.1) is 5.82 Å². The lowest BCUT2D eigenvalue weighted by Crippen LogP contribution is -2.36. The fourth-order valence-electron chi connectivity index (χ4n) is 4.05. The summed E-state index contributed by atoms with van der Waals surface area (Å²) in [4.78, 5) is 25.5. The average Bonchev–Trinajstić information content (AvgIpc) is 3.53. The first kappa shape index (κ1) is 30.0. The van der Waals surface area contributed by atoms with Gasteiger partial charge >= 0.3 is 12.1 Å². The molecule has 0 radical (unpaired) electrons. The molecule has 0 spiro atoms. The molecular weight excluding hydrogens is 586 g/mol. The molecule has 0 atom stereocenters. The number of halogens is 4. The summed E-state index contributed by atoms with van der Waals surface area (Å²) in [6.07, 6.45) is -0.0772. The number of hydrogen-bond acceptors (Lipinski definition) is 10. The predicted molar refractivity (Wildman–Crippen MR) is 150 cm³/mol. The van der Waals surface area contributed by atoms with Crippen LogP contribution in [-0.4, -0.2) is 78.7 Å². The Morgan fingerprint density at radius 1 is 0.955 bits per heavy atom. The lowest BCUT2D eigenvalue weighted by Gasteiger charge is -2.29. The number of nitrogens with zero attached hydrogens (tertiary/aromatic N) is 8. The van der Waals surface area contributed by atoms with E-state index in [9.17, 15) is 17.6 Å². The van der Waals surface area contributed by atoms with Crippen molar-refractivity contribution in [2.24, 2.45) is 0 Å². The summed E-state index contributed by atoms with van der Waals surface area (Å²) in [5.74, 6) is -2.16. The van der Waals surface area contributed by atoms with Crippen LogP contribution >= 0.6 is 0 Å². The topological polar surface area (TPSA) is 144 Å². The molecule has 0 unspecified atom stereocenters. The third-order valence-corrected chi connectivity index (χ3v) is 6.14. The second-order valence-electron chi connectivity index (χ2n) is 9.18. The minimum atomic E-state index is -5.08. The summed E-state index contributed by atoms with van der Waals surface area (Å²) in [5.41, 5.74) is 4.45. The van der Waals surface area contributed by atoms with Crippen molar-refractivity contribution in [1.29, 1.82) is 0 Å². The van der Waals surface area contributed by atoms with Gasteiger partial charge in [0, 0.05) is 48.0 Å². The molecular formula is C28H23F4N9O3. The zero-order chi connectivity index (χ0) is 31.1. The highest BCUT2D eigenvalue weighted by Crippen LogP contribution is 2.27. The summed E-state index contributed by atoms with van der Waals surface area (Å²) < 4.78 is 51.6. The van der Waals surface area contributed by atoms with E-state index in [1.54, 1.807) is 30.7 Å². The fourth-order valence-corrected chi connectivity index (χ4v) is 4.05. The number of nitrogens with one attached hydrogen (secondary N) is 1. The number of rotatable bonds is 6. The number of benzene rings is 2. The summed E-state index contributed by atoms with van der Waals surface area (Å²) in [6, 6.07) is 17.9. The molecule has 1 fully saturated rings. The highest BCUT2D eigenvalue weighted by atomic mass is 19.4. The molecule has 2 N–H and O–H groups in total. The molecule has 0 amide bonds. The van der Waals surface area contributed by atoms with Gasteiger partial charge in [0.15, 0.2) is 0 Å². The van der Waals surface area contributed by atoms with Crippen molar-refractivity contribution in [2.75, 3.05) is 36.5 Å². The number of aromatic nitrogens is 7. The van der Waals surface area contributed by atoms with Crippen LogP contribution in [0.25, 0.3) is 28.3 Å². The third kappa shape index (κ3) is 7.65. The van der Waals surface area contributed by atoms with Crippen molar-refractivity contribution in [2.45, 2.75) is 6.18 Å². The Morgan fingerprint density at radius 3 is 2.39 bits per heavy atom. The van der Waals surface area contributed by atoms with Gasteiger partial charge in [0.2, 0.25) is 11.8 Å². The smallest absolute Gasteiger partial charge is 0.475 e. The number of morpholine rings is 1. The van der Waals surface area contributed by atoms with E-state index in [1.165, 1.54) is 10.9 Å². The van der Waals surface area contributed by atoms with E-state index >= 15 is 0 Å². The Bertz CT molecular complexity index is 1710. The summed E-state index contributed by atoms with van der Waals surface area (Å²) in [7, 11) is 0. The van der Waals surface area contributed by atoms with Gasteiger partial charge in [-0.2, -0.15) is 13.2 Å². The molecule has 1 saturated heterocycles. The number of aliphatic carboxylic acids is 1. The standard InChI is InChI=1S/C26H22FN9O.C2HF3O2/c27-20-14-19(15-23(16-20)35-10-12-37-13-11-35)24-7-9-29-26(31-24)30-21-5-3-18(4-6-21)25-32-34-36(33-25)22-2-1-8-28-17-22;3-2(4,5)1(6)7/h1-9,14-17H,10-13H2,(H,29,30,31);(H,6,7). The molecule has 2 aromatic carbocycles. The van der Waals surface area contributed by atoms with Crippen molar-refractivity contribution in [3.63, 3.8) is 0 Å². The highest BCUT2D eigenvalue weighted by Gasteiger charge is 2.38. The number of hydrogen-bond donors (Lipinski definition) is 2. The molecule has 0 saturated carbocycles. The first-order valence-corrected chi connectivity index (χ1v) is 13.0. The number of carbonyl (C=O) groups is 1. The van der Waals surface area contributed by atoms with Crippen LogP contribution in [0.2, 0.25) is 0 Å². The molecule has 1 aliphatic heterocycles. The van der Waals surface area contributed by atoms with Gasteiger partial charge in [-0.05, 0) is 65.9 Å². The van der Waals surface area contributed by atoms with Gasteiger partial charge < -0.3 is 20.1 Å². The quantitative estimate of drug-likeness (QED) is 0.262. The lowest BCUT2D eigenvalue weighted by molar-refractivity contribution is -0.192.